The Morgan fingerprint density at radius 3 is 3.07 bits per heavy atom. The number of benzene rings is 1. The van der Waals surface area contributed by atoms with E-state index in [0.29, 0.717) is 11.7 Å². The summed E-state index contributed by atoms with van der Waals surface area (Å²) < 4.78 is 10.7. The van der Waals surface area contributed by atoms with Crippen molar-refractivity contribution in [3.8, 4) is 17.2 Å². The highest BCUT2D eigenvalue weighted by atomic mass is 16.7. The summed E-state index contributed by atoms with van der Waals surface area (Å²) in [4.78, 5) is 0. The van der Waals surface area contributed by atoms with Crippen molar-refractivity contribution < 1.29 is 14.6 Å². The average molecular weight is 207 g/mol. The van der Waals surface area contributed by atoms with Gasteiger partial charge in [-0.25, -0.2) is 0 Å². The number of hydrogen-bond donors (Lipinski definition) is 2. The number of hydrogen-bond acceptors (Lipinski definition) is 4. The van der Waals surface area contributed by atoms with Crippen LogP contribution in [0.5, 0.6) is 17.2 Å². The molecule has 3 rings (SSSR count). The second kappa shape index (κ2) is 3.31. The summed E-state index contributed by atoms with van der Waals surface area (Å²) in [5.74, 6) is 2.12. The quantitative estimate of drug-likeness (QED) is 0.726. The van der Waals surface area contributed by atoms with Crippen molar-refractivity contribution in [2.45, 2.75) is 12.3 Å². The Bertz CT molecular complexity index is 386. The molecule has 1 saturated heterocycles. The maximum Gasteiger partial charge on any atom is 0.231 e. The summed E-state index contributed by atoms with van der Waals surface area (Å²) in [6.07, 6.45) is 1.04. The number of ether oxygens (including phenoxy) is 2. The largest absolute Gasteiger partial charge is 0.508 e. The van der Waals surface area contributed by atoms with E-state index < -0.39 is 0 Å². The van der Waals surface area contributed by atoms with Gasteiger partial charge in [-0.15, -0.1) is 0 Å². The zero-order chi connectivity index (χ0) is 10.3. The van der Waals surface area contributed by atoms with Crippen LogP contribution in [0.25, 0.3) is 0 Å². The van der Waals surface area contributed by atoms with E-state index in [1.807, 2.05) is 0 Å². The zero-order valence-electron chi connectivity index (χ0n) is 8.32. The first-order valence-corrected chi connectivity index (χ1v) is 5.18. The Morgan fingerprint density at radius 1 is 1.33 bits per heavy atom. The van der Waals surface area contributed by atoms with Gasteiger partial charge in [0.2, 0.25) is 6.79 Å². The van der Waals surface area contributed by atoms with Gasteiger partial charge in [-0.3, -0.25) is 0 Å². The third kappa shape index (κ3) is 1.33. The molecule has 0 aromatic heterocycles. The van der Waals surface area contributed by atoms with Crippen LogP contribution in [0.3, 0.4) is 0 Å². The van der Waals surface area contributed by atoms with Crippen LogP contribution in [-0.4, -0.2) is 25.0 Å². The Morgan fingerprint density at radius 2 is 2.27 bits per heavy atom. The number of phenols is 1. The molecule has 2 aliphatic heterocycles. The lowest BCUT2D eigenvalue weighted by Gasteiger charge is -2.13. The van der Waals surface area contributed by atoms with Crippen molar-refractivity contribution in [1.82, 2.24) is 5.32 Å². The topological polar surface area (TPSA) is 50.7 Å². The van der Waals surface area contributed by atoms with Gasteiger partial charge in [0.1, 0.15) is 5.75 Å². The van der Waals surface area contributed by atoms with Gasteiger partial charge in [0.25, 0.3) is 0 Å². The monoisotopic (exact) mass is 207 g/mol. The van der Waals surface area contributed by atoms with Crippen LogP contribution < -0.4 is 14.8 Å². The van der Waals surface area contributed by atoms with Crippen LogP contribution in [0.4, 0.5) is 0 Å². The molecule has 1 aromatic rings. The summed E-state index contributed by atoms with van der Waals surface area (Å²) in [5, 5.41) is 13.2. The van der Waals surface area contributed by atoms with E-state index in [1.165, 1.54) is 0 Å². The molecule has 0 aliphatic carbocycles. The van der Waals surface area contributed by atoms with Gasteiger partial charge in [0, 0.05) is 18.0 Å². The van der Waals surface area contributed by atoms with Crippen molar-refractivity contribution in [2.75, 3.05) is 19.9 Å². The van der Waals surface area contributed by atoms with Gasteiger partial charge in [0.05, 0.1) is 0 Å². The van der Waals surface area contributed by atoms with Crippen molar-refractivity contribution >= 4 is 0 Å². The van der Waals surface area contributed by atoms with E-state index in [4.69, 9.17) is 9.47 Å². The van der Waals surface area contributed by atoms with Crippen LogP contribution in [0.15, 0.2) is 12.1 Å². The summed E-state index contributed by atoms with van der Waals surface area (Å²) in [6.45, 7) is 2.15. The molecule has 1 aromatic carbocycles. The van der Waals surface area contributed by atoms with Gasteiger partial charge in [0.15, 0.2) is 11.5 Å². The van der Waals surface area contributed by atoms with Crippen molar-refractivity contribution in [3.63, 3.8) is 0 Å². The van der Waals surface area contributed by atoms with E-state index in [1.54, 1.807) is 12.1 Å². The molecule has 2 aliphatic rings. The molecule has 1 unspecified atom stereocenters. The van der Waals surface area contributed by atoms with Crippen LogP contribution in [0, 0.1) is 0 Å². The molecular formula is C11H13NO3. The van der Waals surface area contributed by atoms with Gasteiger partial charge in [-0.2, -0.15) is 0 Å². The molecule has 1 atom stereocenters. The lowest BCUT2D eigenvalue weighted by Crippen LogP contribution is -2.08. The molecule has 15 heavy (non-hydrogen) atoms. The molecule has 4 nitrogen and oxygen atoms in total. The molecule has 80 valence electrons. The molecule has 1 fully saturated rings. The molecule has 0 amide bonds. The predicted octanol–water partition coefficient (Wildman–Crippen LogP) is 1.20. The second-order valence-electron chi connectivity index (χ2n) is 3.92. The van der Waals surface area contributed by atoms with Crippen molar-refractivity contribution in [1.29, 1.82) is 0 Å². The van der Waals surface area contributed by atoms with E-state index in [0.717, 1.165) is 36.6 Å². The highest BCUT2D eigenvalue weighted by Gasteiger charge is 2.28. The zero-order valence-corrected chi connectivity index (χ0v) is 8.32. The van der Waals surface area contributed by atoms with Gasteiger partial charge >= 0.3 is 0 Å². The average Bonchev–Trinajstić information content (AvgIpc) is 2.85. The number of aromatic hydroxyl groups is 1. The number of nitrogens with one attached hydrogen (secondary N) is 1. The lowest BCUT2D eigenvalue weighted by molar-refractivity contribution is 0.173. The van der Waals surface area contributed by atoms with Crippen molar-refractivity contribution in [3.05, 3.63) is 17.7 Å². The Balaban J connectivity index is 2.08. The van der Waals surface area contributed by atoms with Crippen LogP contribution in [-0.2, 0) is 0 Å². The lowest BCUT2D eigenvalue weighted by atomic mass is 9.96. The fourth-order valence-corrected chi connectivity index (χ4v) is 2.28. The second-order valence-corrected chi connectivity index (χ2v) is 3.92. The minimum Gasteiger partial charge on any atom is -0.508 e. The molecule has 0 radical (unpaired) electrons. The van der Waals surface area contributed by atoms with Crippen molar-refractivity contribution in [2.24, 2.45) is 0 Å². The molecule has 0 spiro atoms. The van der Waals surface area contributed by atoms with Gasteiger partial charge in [-0.05, 0) is 25.1 Å². The third-order valence-electron chi connectivity index (χ3n) is 3.02. The Kier molecular flexibility index (Phi) is 1.95. The highest BCUT2D eigenvalue weighted by Crippen LogP contribution is 2.45. The number of fused-ring (bicyclic) bond motifs is 1. The molecule has 0 saturated carbocycles. The Labute approximate surface area is 87.8 Å². The maximum atomic E-state index is 9.87. The van der Waals surface area contributed by atoms with E-state index in [2.05, 4.69) is 5.32 Å². The SMILES string of the molecule is Oc1ccc2c(c1C1CCNC1)OCO2. The highest BCUT2D eigenvalue weighted by molar-refractivity contribution is 5.56. The fourth-order valence-electron chi connectivity index (χ4n) is 2.28. The minimum absolute atomic E-state index is 0.256. The first-order valence-electron chi connectivity index (χ1n) is 5.18. The van der Waals surface area contributed by atoms with Crippen LogP contribution in [0.1, 0.15) is 17.9 Å². The summed E-state index contributed by atoms with van der Waals surface area (Å²) in [5.41, 5.74) is 0.898. The molecular weight excluding hydrogens is 194 g/mol. The van der Waals surface area contributed by atoms with Crippen LogP contribution in [0.2, 0.25) is 0 Å². The normalized spacial score (nSPS) is 23.3. The number of rotatable bonds is 1. The minimum atomic E-state index is 0.256. The standard InChI is InChI=1S/C11H13NO3/c13-8-1-2-9-11(15-6-14-9)10(8)7-3-4-12-5-7/h1-2,7,12-13H,3-6H2. The smallest absolute Gasteiger partial charge is 0.231 e. The molecule has 0 bridgehead atoms. The van der Waals surface area contributed by atoms with Gasteiger partial charge < -0.3 is 19.9 Å². The van der Waals surface area contributed by atoms with Crippen LogP contribution >= 0.6 is 0 Å². The first kappa shape index (κ1) is 8.85. The third-order valence-corrected chi connectivity index (χ3v) is 3.02. The molecule has 4 heteroatoms. The fraction of sp³-hybridized carbons (Fsp3) is 0.455. The van der Waals surface area contributed by atoms with E-state index in [-0.39, 0.29) is 6.79 Å². The summed E-state index contributed by atoms with van der Waals surface area (Å²) in [6, 6.07) is 3.44. The predicted molar refractivity (Wildman–Crippen MR) is 54.5 cm³/mol. The van der Waals surface area contributed by atoms with E-state index in [9.17, 15) is 5.11 Å². The first-order chi connectivity index (χ1) is 7.36. The summed E-state index contributed by atoms with van der Waals surface area (Å²) in [7, 11) is 0. The number of phenolic OH excluding ortho intramolecular Hbond substituents is 1. The Hall–Kier alpha value is -1.42. The maximum absolute atomic E-state index is 9.87. The molecule has 2 heterocycles. The summed E-state index contributed by atoms with van der Waals surface area (Å²) >= 11 is 0. The van der Waals surface area contributed by atoms with E-state index >= 15 is 0 Å². The van der Waals surface area contributed by atoms with Gasteiger partial charge in [-0.1, -0.05) is 0 Å². The molecule has 2 N–H and O–H groups in total.